The highest BCUT2D eigenvalue weighted by Crippen LogP contribution is 2.49. The van der Waals surface area contributed by atoms with E-state index < -0.39 is 59.0 Å². The lowest BCUT2D eigenvalue weighted by molar-refractivity contribution is -0.131. The lowest BCUT2D eigenvalue weighted by atomic mass is 9.82. The fraction of sp³-hybridized carbons (Fsp3) is 0.339. The SMILES string of the molecule is C/C=C/C(=O)N1CCN(c2ncnc3c(F)c([C@H]4C=C(O)Cc5ccccc54)c(Cl)cc23)CC1.CCCC(=O)N1CCN(c2ncnc3c(F)c([C@H]4C=C(O)Cc5ccccc54)c(Cl)cc23)CC1.CN(C)C(=O)CCCc1nc(N2CCN(C(N)=O)CC2)c2cc(Cl)c([C@H]3C=C(O)Cc4ccccc43)c(F)c2n1.CN(C)C(=O)CCOc1nc(N2CCN(C(N)=O)CC2)c2cc(Cl)c([C@H]3C=C(O)Cc4ccccc43)c(F)c2n1. The van der Waals surface area contributed by atoms with Crippen LogP contribution in [0.3, 0.4) is 0 Å². The first-order valence-electron chi connectivity index (χ1n) is 49.1. The van der Waals surface area contributed by atoms with Gasteiger partial charge in [-0.1, -0.05) is 156 Å². The van der Waals surface area contributed by atoms with Crippen molar-refractivity contribution in [2.75, 3.05) is 159 Å². The Bertz CT molecular complexity index is 7110. The quantitative estimate of drug-likeness (QED) is 0.0323. The van der Waals surface area contributed by atoms with Crippen LogP contribution in [-0.2, 0) is 51.3 Å². The number of primary amides is 2. The van der Waals surface area contributed by atoms with E-state index in [1.54, 1.807) is 98.7 Å². The minimum absolute atomic E-state index is 0.00604. The fourth-order valence-electron chi connectivity index (χ4n) is 20.4. The van der Waals surface area contributed by atoms with Crippen LogP contribution >= 0.6 is 46.4 Å². The third-order valence-electron chi connectivity index (χ3n) is 27.9. The Morgan fingerprint density at radius 2 is 0.736 bits per heavy atom. The monoisotopic (exact) mass is 2090 g/mol. The molecule has 0 bridgehead atoms. The molecular formula is C109H112Cl4F4N20O11. The molecule has 4 fully saturated rings. The molecule has 31 nitrogen and oxygen atoms in total. The first-order valence-corrected chi connectivity index (χ1v) is 50.6. The molecule has 8 heterocycles. The maximum Gasteiger partial charge on any atom is 0.319 e. The van der Waals surface area contributed by atoms with Crippen LogP contribution in [0, 0.1) is 23.3 Å². The maximum atomic E-state index is 16.6. The molecule has 0 unspecified atom stereocenters. The van der Waals surface area contributed by atoms with E-state index in [1.165, 1.54) is 27.4 Å². The van der Waals surface area contributed by atoms with E-state index >= 15 is 17.6 Å². The number of anilines is 4. The van der Waals surface area contributed by atoms with Crippen LogP contribution in [0.2, 0.25) is 20.1 Å². The number of ether oxygens (including phenoxy) is 1. The molecule has 39 heteroatoms. The van der Waals surface area contributed by atoms with Gasteiger partial charge < -0.3 is 85.6 Å². The van der Waals surface area contributed by atoms with Gasteiger partial charge in [-0.15, -0.1) is 0 Å². The lowest BCUT2D eigenvalue weighted by Crippen LogP contribution is -2.50. The number of hydrogen-bond donors (Lipinski definition) is 6. The normalized spacial score (nSPS) is 17.5. The van der Waals surface area contributed by atoms with Gasteiger partial charge in [0.25, 0.3) is 0 Å². The highest BCUT2D eigenvalue weighted by atomic mass is 35.5. The van der Waals surface area contributed by atoms with Crippen molar-refractivity contribution in [2.24, 2.45) is 11.5 Å². The molecule has 12 aromatic rings. The van der Waals surface area contributed by atoms with Crippen molar-refractivity contribution in [3.05, 3.63) is 309 Å². The van der Waals surface area contributed by atoms with Gasteiger partial charge in [-0.05, 0) is 119 Å². The summed E-state index contributed by atoms with van der Waals surface area (Å²) in [6.45, 7) is 11.7. The molecule has 4 aliphatic carbocycles. The Hall–Kier alpha value is -14.7. The number of nitrogens with two attached hydrogens (primary N) is 2. The van der Waals surface area contributed by atoms with Crippen LogP contribution in [0.4, 0.5) is 50.4 Å². The van der Waals surface area contributed by atoms with E-state index in [1.807, 2.05) is 131 Å². The number of carbonyl (C=O) groups excluding carboxylic acids is 6. The molecular weight excluding hydrogens is 1980 g/mol. The van der Waals surface area contributed by atoms with Gasteiger partial charge in [0.1, 0.15) is 70.4 Å². The number of fused-ring (bicyclic) bond motifs is 8. The largest absolute Gasteiger partial charge is 0.512 e. The van der Waals surface area contributed by atoms with Crippen molar-refractivity contribution in [3.8, 4) is 6.01 Å². The Morgan fingerprint density at radius 3 is 1.09 bits per heavy atom. The predicted molar refractivity (Wildman–Crippen MR) is 563 cm³/mol. The fourth-order valence-corrected chi connectivity index (χ4v) is 21.6. The topological polar surface area (TPSA) is 380 Å². The number of nitrogens with zero attached hydrogens (tertiary/aromatic N) is 18. The molecule has 4 saturated heterocycles. The summed E-state index contributed by atoms with van der Waals surface area (Å²) in [5, 5.41) is 44.4. The Balaban J connectivity index is 0.000000135. The number of aromatic nitrogens is 8. The lowest BCUT2D eigenvalue weighted by Gasteiger charge is -2.36. The molecule has 4 atom stereocenters. The molecule has 770 valence electrons. The second-order valence-electron chi connectivity index (χ2n) is 37.7. The molecule has 0 radical (unpaired) electrons. The minimum atomic E-state index is -0.651. The van der Waals surface area contributed by atoms with Crippen LogP contribution in [0.1, 0.15) is 142 Å². The molecule has 20 rings (SSSR count). The number of aliphatic hydroxyl groups is 4. The summed E-state index contributed by atoms with van der Waals surface area (Å²) < 4.78 is 70.7. The third kappa shape index (κ3) is 22.4. The molecule has 8 N–H and O–H groups in total. The zero-order chi connectivity index (χ0) is 105. The molecule has 8 aromatic carbocycles. The number of rotatable bonds is 19. The van der Waals surface area contributed by atoms with Gasteiger partial charge in [-0.25, -0.2) is 57.1 Å². The van der Waals surface area contributed by atoms with Crippen molar-refractivity contribution < 1.29 is 71.5 Å². The second kappa shape index (κ2) is 45.8. The summed E-state index contributed by atoms with van der Waals surface area (Å²) in [6.07, 6.45) is 16.8. The number of benzene rings is 8. The van der Waals surface area contributed by atoms with Crippen molar-refractivity contribution in [3.63, 3.8) is 0 Å². The first kappa shape index (κ1) is 105. The highest BCUT2D eigenvalue weighted by Gasteiger charge is 2.38. The van der Waals surface area contributed by atoms with Gasteiger partial charge in [0.15, 0.2) is 23.3 Å². The van der Waals surface area contributed by atoms with Gasteiger partial charge in [0, 0.05) is 265 Å². The third-order valence-corrected chi connectivity index (χ3v) is 29.2. The summed E-state index contributed by atoms with van der Waals surface area (Å²) in [5.41, 5.74) is 19.7. The number of carbonyl (C=O) groups is 6. The van der Waals surface area contributed by atoms with Gasteiger partial charge in [-0.3, -0.25) is 19.2 Å². The zero-order valence-electron chi connectivity index (χ0n) is 82.4. The number of urea groups is 2. The maximum absolute atomic E-state index is 16.6. The second-order valence-corrected chi connectivity index (χ2v) is 39.4. The molecule has 8 aliphatic rings. The number of allylic oxidation sites excluding steroid dienone is 9. The summed E-state index contributed by atoms with van der Waals surface area (Å²) >= 11 is 26.9. The first-order chi connectivity index (χ1) is 71.2. The Kier molecular flexibility index (Phi) is 32.4. The van der Waals surface area contributed by atoms with E-state index in [-0.39, 0.29) is 119 Å². The number of aliphatic hydroxyl groups excluding tert-OH is 4. The van der Waals surface area contributed by atoms with E-state index in [9.17, 15) is 49.2 Å². The number of halogens is 8. The Morgan fingerprint density at radius 1 is 0.412 bits per heavy atom. The van der Waals surface area contributed by atoms with Crippen LogP contribution in [0.25, 0.3) is 43.6 Å². The summed E-state index contributed by atoms with van der Waals surface area (Å²) in [5.74, 6) is -1.24. The summed E-state index contributed by atoms with van der Waals surface area (Å²) in [7, 11) is 6.70. The predicted octanol–water partition coefficient (Wildman–Crippen LogP) is 17.6. The molecule has 148 heavy (non-hydrogen) atoms. The van der Waals surface area contributed by atoms with Gasteiger partial charge in [-0.2, -0.15) is 9.97 Å². The smallest absolute Gasteiger partial charge is 0.319 e. The van der Waals surface area contributed by atoms with Crippen molar-refractivity contribution in [1.82, 2.24) is 69.3 Å². The van der Waals surface area contributed by atoms with Gasteiger partial charge in [0.05, 0.1) is 29.5 Å². The highest BCUT2D eigenvalue weighted by molar-refractivity contribution is 6.34. The molecule has 4 aromatic heterocycles. The van der Waals surface area contributed by atoms with Gasteiger partial charge >= 0.3 is 18.1 Å². The number of hydrogen-bond acceptors (Lipinski definition) is 23. The van der Waals surface area contributed by atoms with E-state index in [0.717, 1.165) is 50.9 Å². The van der Waals surface area contributed by atoms with E-state index in [2.05, 4.69) is 39.8 Å². The van der Waals surface area contributed by atoms with Crippen LogP contribution < -0.4 is 35.8 Å². The number of aryl methyl sites for hydroxylation is 1. The average molecular weight is 2100 g/mol. The summed E-state index contributed by atoms with van der Waals surface area (Å²) in [6, 6.07) is 36.1. The molecule has 0 spiro atoms. The Labute approximate surface area is 872 Å². The van der Waals surface area contributed by atoms with E-state index in [0.29, 0.717) is 218 Å². The molecule has 8 amide bonds. The number of amides is 8. The van der Waals surface area contributed by atoms with Crippen molar-refractivity contribution >= 4 is 149 Å². The molecule has 4 aliphatic heterocycles. The van der Waals surface area contributed by atoms with Crippen LogP contribution in [0.5, 0.6) is 6.01 Å². The zero-order valence-corrected chi connectivity index (χ0v) is 85.5. The minimum Gasteiger partial charge on any atom is -0.512 e. The van der Waals surface area contributed by atoms with Crippen LogP contribution in [0.15, 0.2) is 193 Å². The summed E-state index contributed by atoms with van der Waals surface area (Å²) in [4.78, 5) is 125. The van der Waals surface area contributed by atoms with Crippen LogP contribution in [-0.4, -0.2) is 265 Å². The molecule has 0 saturated carbocycles. The average Bonchev–Trinajstić information content (AvgIpc) is 0.745. The standard InChI is InChI=1S/C29H32ClFN6O3.C28H30ClFN6O4.C26H26ClFN4O2.C26H24ClFN4O2/c1-35(2)24(39)9-5-8-23-33-27-21(28(34-23)36-10-12-37(13-11-36)29(32)40)16-22(30)25(26(27)31)20-15-18(38)14-17-6-3-4-7-19(17)20;1-34(2)22(38)7-12-40-28-32-25-20(26(33-28)35-8-10-36(11-9-35)27(31)39)15-21(29)23(24(25)30)19-14-17(37)13-16-5-3-4-6-18(16)19;2*1-2-5-22(34)31-8-10-32(11-9-31)26-20-14-21(27)23(24(28)25(20)29-15-30-26)19-13-17(33)12-16-6-3-4-7-18(16)19/h3-4,6-7,15-16,20,38H,5,8-14H2,1-2H3,(H2,32,40);3-6,14-15,19,37H,7-13H2,1-2H3,(H2,31,39);3-4,6-7,13-15,19,33H,2,5,8-12H2,1H3;2-7,13-15,19,33H,8-12H2,1H3/b;;;5-2+/t20-;3*19-/m0000/s1. The van der Waals surface area contributed by atoms with E-state index in [4.69, 9.17) is 67.6 Å². The van der Waals surface area contributed by atoms with Crippen molar-refractivity contribution in [1.29, 1.82) is 0 Å². The van der Waals surface area contributed by atoms with Gasteiger partial charge in [0.2, 0.25) is 23.6 Å². The number of piperazine rings is 4. The van der Waals surface area contributed by atoms with Crippen molar-refractivity contribution in [2.45, 2.75) is 102 Å².